The maximum Gasteiger partial charge on any atom is 0.251 e. The van der Waals surface area contributed by atoms with Gasteiger partial charge in [-0.1, -0.05) is 0 Å². The third-order valence-electron chi connectivity index (χ3n) is 3.41. The lowest BCUT2D eigenvalue weighted by atomic mass is 10.2. The molecule has 1 aromatic carbocycles. The van der Waals surface area contributed by atoms with Crippen LogP contribution in [0.1, 0.15) is 16.8 Å². The lowest BCUT2D eigenvalue weighted by molar-refractivity contribution is -0.116. The van der Waals surface area contributed by atoms with Crippen molar-refractivity contribution in [3.05, 3.63) is 48.3 Å². The molecule has 0 bridgehead atoms. The van der Waals surface area contributed by atoms with Gasteiger partial charge in [-0.05, 0) is 24.3 Å². The van der Waals surface area contributed by atoms with Crippen LogP contribution in [0.3, 0.4) is 0 Å². The van der Waals surface area contributed by atoms with Gasteiger partial charge in [0.15, 0.2) is 11.5 Å². The molecule has 124 valence electrons. The zero-order valence-corrected chi connectivity index (χ0v) is 13.0. The highest BCUT2D eigenvalue weighted by atomic mass is 16.6. The third-order valence-corrected chi connectivity index (χ3v) is 3.41. The van der Waals surface area contributed by atoms with Crippen molar-refractivity contribution in [2.45, 2.75) is 6.42 Å². The highest BCUT2D eigenvalue weighted by Crippen LogP contribution is 2.32. The Bertz CT molecular complexity index is 734. The molecule has 0 saturated carbocycles. The average Bonchev–Trinajstić information content (AvgIpc) is 2.62. The second-order valence-electron chi connectivity index (χ2n) is 5.15. The van der Waals surface area contributed by atoms with E-state index in [1.54, 1.807) is 42.7 Å². The molecular weight excluding hydrogens is 310 g/mol. The molecule has 3 rings (SSSR count). The summed E-state index contributed by atoms with van der Waals surface area (Å²) >= 11 is 0. The summed E-state index contributed by atoms with van der Waals surface area (Å²) in [5, 5.41) is 5.46. The predicted molar refractivity (Wildman–Crippen MR) is 87.2 cm³/mol. The first-order chi connectivity index (χ1) is 11.7. The van der Waals surface area contributed by atoms with Crippen molar-refractivity contribution in [2.24, 2.45) is 0 Å². The van der Waals surface area contributed by atoms with E-state index in [9.17, 15) is 9.59 Å². The number of hydrogen-bond acceptors (Lipinski definition) is 5. The highest BCUT2D eigenvalue weighted by Gasteiger charge is 2.13. The molecule has 0 spiro atoms. The number of rotatable bonds is 5. The number of aromatic nitrogens is 1. The molecule has 0 saturated heterocycles. The van der Waals surface area contributed by atoms with E-state index in [4.69, 9.17) is 9.47 Å². The van der Waals surface area contributed by atoms with E-state index in [0.717, 1.165) is 0 Å². The van der Waals surface area contributed by atoms with Crippen LogP contribution in [0.5, 0.6) is 11.5 Å². The number of nitrogens with zero attached hydrogens (tertiary/aromatic N) is 1. The molecule has 2 aromatic rings. The van der Waals surface area contributed by atoms with Crippen LogP contribution in [-0.2, 0) is 4.79 Å². The first-order valence-corrected chi connectivity index (χ1v) is 7.60. The molecule has 0 atom stereocenters. The van der Waals surface area contributed by atoms with Gasteiger partial charge in [-0.15, -0.1) is 0 Å². The molecule has 7 heteroatoms. The van der Waals surface area contributed by atoms with Crippen molar-refractivity contribution < 1.29 is 19.1 Å². The first kappa shape index (κ1) is 15.8. The van der Waals surface area contributed by atoms with Crippen molar-refractivity contribution in [2.75, 3.05) is 25.1 Å². The molecule has 2 heterocycles. The zero-order valence-electron chi connectivity index (χ0n) is 13.0. The van der Waals surface area contributed by atoms with E-state index in [2.05, 4.69) is 15.6 Å². The van der Waals surface area contributed by atoms with Crippen LogP contribution < -0.4 is 20.1 Å². The van der Waals surface area contributed by atoms with Gasteiger partial charge in [0.05, 0.1) is 0 Å². The average molecular weight is 327 g/mol. The minimum absolute atomic E-state index is 0.172. The number of carbonyl (C=O) groups is 2. The Labute approximate surface area is 139 Å². The van der Waals surface area contributed by atoms with Gasteiger partial charge in [0.1, 0.15) is 13.2 Å². The molecule has 2 amide bonds. The van der Waals surface area contributed by atoms with Gasteiger partial charge < -0.3 is 20.1 Å². The second kappa shape index (κ2) is 7.45. The van der Waals surface area contributed by atoms with Crippen molar-refractivity contribution in [3.63, 3.8) is 0 Å². The molecule has 24 heavy (non-hydrogen) atoms. The topological polar surface area (TPSA) is 89.6 Å². The van der Waals surface area contributed by atoms with Gasteiger partial charge in [0.25, 0.3) is 5.91 Å². The van der Waals surface area contributed by atoms with Crippen LogP contribution in [0.2, 0.25) is 0 Å². The fourth-order valence-electron chi connectivity index (χ4n) is 2.24. The van der Waals surface area contributed by atoms with Crippen molar-refractivity contribution in [1.82, 2.24) is 10.3 Å². The summed E-state index contributed by atoms with van der Waals surface area (Å²) < 4.78 is 10.9. The summed E-state index contributed by atoms with van der Waals surface area (Å²) in [6, 6.07) is 8.47. The van der Waals surface area contributed by atoms with Gasteiger partial charge in [0.2, 0.25) is 5.91 Å². The highest BCUT2D eigenvalue weighted by molar-refractivity contribution is 5.95. The summed E-state index contributed by atoms with van der Waals surface area (Å²) in [6.45, 7) is 1.26. The van der Waals surface area contributed by atoms with E-state index < -0.39 is 0 Å². The number of amides is 2. The third kappa shape index (κ3) is 4.01. The summed E-state index contributed by atoms with van der Waals surface area (Å²) in [5.74, 6) is 0.861. The van der Waals surface area contributed by atoms with Crippen LogP contribution in [0.4, 0.5) is 5.69 Å². The normalized spacial score (nSPS) is 12.3. The Morgan fingerprint density at radius 3 is 2.58 bits per heavy atom. The molecule has 0 fully saturated rings. The van der Waals surface area contributed by atoms with Gasteiger partial charge in [-0.25, -0.2) is 0 Å². The Kier molecular flexibility index (Phi) is 4.90. The number of carbonyl (C=O) groups excluding carboxylic acids is 2. The number of nitrogens with one attached hydrogen (secondary N) is 2. The Morgan fingerprint density at radius 2 is 1.79 bits per heavy atom. The Hall–Kier alpha value is -3.09. The van der Waals surface area contributed by atoms with Gasteiger partial charge >= 0.3 is 0 Å². The minimum atomic E-state index is -0.232. The van der Waals surface area contributed by atoms with E-state index in [-0.39, 0.29) is 24.8 Å². The van der Waals surface area contributed by atoms with Crippen LogP contribution in [-0.4, -0.2) is 36.6 Å². The maximum atomic E-state index is 12.0. The molecule has 1 aliphatic rings. The molecule has 0 aliphatic carbocycles. The second-order valence-corrected chi connectivity index (χ2v) is 5.15. The van der Waals surface area contributed by atoms with E-state index in [1.165, 1.54) is 0 Å². The molecule has 2 N–H and O–H groups in total. The standard InChI is InChI=1S/C17H17N3O4/c21-16(5-8-19-17(22)12-3-6-18-7-4-12)20-13-1-2-14-15(11-13)24-10-9-23-14/h1-4,6-7,11H,5,8-10H2,(H,19,22)(H,20,21). The largest absolute Gasteiger partial charge is 0.486 e. The van der Waals surface area contributed by atoms with Gasteiger partial charge in [-0.3, -0.25) is 14.6 Å². The monoisotopic (exact) mass is 327 g/mol. The molecule has 7 nitrogen and oxygen atoms in total. The fourth-order valence-corrected chi connectivity index (χ4v) is 2.24. The molecule has 0 radical (unpaired) electrons. The zero-order chi connectivity index (χ0) is 16.8. The van der Waals surface area contributed by atoms with Crippen molar-refractivity contribution in [1.29, 1.82) is 0 Å². The van der Waals surface area contributed by atoms with Crippen LogP contribution >= 0.6 is 0 Å². The maximum absolute atomic E-state index is 12.0. The van der Waals surface area contributed by atoms with Gasteiger partial charge in [-0.2, -0.15) is 0 Å². The molecular formula is C17H17N3O4. The van der Waals surface area contributed by atoms with Crippen LogP contribution in [0, 0.1) is 0 Å². The number of pyridine rings is 1. The van der Waals surface area contributed by atoms with Crippen molar-refractivity contribution in [3.8, 4) is 11.5 Å². The van der Waals surface area contributed by atoms with E-state index in [1.807, 2.05) is 0 Å². The summed E-state index contributed by atoms with van der Waals surface area (Å²) in [7, 11) is 0. The van der Waals surface area contributed by atoms with E-state index in [0.29, 0.717) is 36.0 Å². The predicted octanol–water partition coefficient (Wildman–Crippen LogP) is 1.61. The van der Waals surface area contributed by atoms with Gasteiger partial charge in [0, 0.05) is 42.7 Å². The number of anilines is 1. The number of benzene rings is 1. The lowest BCUT2D eigenvalue weighted by Crippen LogP contribution is -2.27. The summed E-state index contributed by atoms with van der Waals surface area (Å²) in [6.07, 6.45) is 3.26. The first-order valence-electron chi connectivity index (χ1n) is 7.60. The minimum Gasteiger partial charge on any atom is -0.486 e. The fraction of sp³-hybridized carbons (Fsp3) is 0.235. The Morgan fingerprint density at radius 1 is 1.04 bits per heavy atom. The molecule has 1 aliphatic heterocycles. The summed E-state index contributed by atoms with van der Waals surface area (Å²) in [4.78, 5) is 27.6. The number of fused-ring (bicyclic) bond motifs is 1. The number of ether oxygens (including phenoxy) is 2. The summed E-state index contributed by atoms with van der Waals surface area (Å²) in [5.41, 5.74) is 1.14. The lowest BCUT2D eigenvalue weighted by Gasteiger charge is -2.19. The molecule has 0 unspecified atom stereocenters. The molecule has 1 aromatic heterocycles. The Balaban J connectivity index is 1.47. The van der Waals surface area contributed by atoms with Crippen LogP contribution in [0.25, 0.3) is 0 Å². The van der Waals surface area contributed by atoms with E-state index >= 15 is 0 Å². The smallest absolute Gasteiger partial charge is 0.251 e. The SMILES string of the molecule is O=C(CCNC(=O)c1ccncc1)Nc1ccc2c(c1)OCCO2. The van der Waals surface area contributed by atoms with Crippen LogP contribution in [0.15, 0.2) is 42.7 Å². The quantitative estimate of drug-likeness (QED) is 0.871. The number of hydrogen-bond donors (Lipinski definition) is 2. The van der Waals surface area contributed by atoms with Crippen molar-refractivity contribution >= 4 is 17.5 Å².